The number of benzene rings is 3. The van der Waals surface area contributed by atoms with Crippen molar-refractivity contribution in [3.8, 4) is 28.8 Å². The maximum atomic E-state index is 15.8. The molecule has 1 aromatic heterocycles. The molecule has 0 aliphatic carbocycles. The van der Waals surface area contributed by atoms with E-state index in [9.17, 15) is 59.9 Å². The maximum Gasteiger partial charge on any atom is 0.420 e. The normalized spacial score (nSPS) is 17.2. The number of nitriles is 1. The Balaban J connectivity index is 1.01. The van der Waals surface area contributed by atoms with Crippen molar-refractivity contribution in [1.82, 2.24) is 20.5 Å². The fourth-order valence-electron chi connectivity index (χ4n) is 7.51. The molecule has 3 aromatic carbocycles. The largest absolute Gasteiger partial charge is 0.492 e. The van der Waals surface area contributed by atoms with Crippen LogP contribution in [0.5, 0.6) is 11.5 Å². The van der Waals surface area contributed by atoms with E-state index in [0.717, 1.165) is 32.2 Å². The molecule has 0 spiro atoms. The number of urea groups is 1. The highest BCUT2D eigenvalue weighted by Crippen LogP contribution is 2.44. The second-order valence-electron chi connectivity index (χ2n) is 15.1. The van der Waals surface area contributed by atoms with Gasteiger partial charge < -0.3 is 14.8 Å². The Morgan fingerprint density at radius 2 is 1.67 bits per heavy atom. The minimum atomic E-state index is -5.42. The number of carbonyl (C=O) groups is 7. The highest BCUT2D eigenvalue weighted by Gasteiger charge is 2.54. The third-order valence-corrected chi connectivity index (χ3v) is 10.6. The van der Waals surface area contributed by atoms with Gasteiger partial charge >= 0.3 is 18.4 Å². The van der Waals surface area contributed by atoms with Gasteiger partial charge in [-0.1, -0.05) is 6.07 Å². The molecular formula is C42H29F8N7O9. The van der Waals surface area contributed by atoms with Gasteiger partial charge in [0.1, 0.15) is 40.9 Å². The fourth-order valence-corrected chi connectivity index (χ4v) is 7.51. The molecule has 0 saturated carbocycles. The Bertz CT molecular complexity index is 2830. The van der Waals surface area contributed by atoms with Gasteiger partial charge in [-0.3, -0.25) is 48.9 Å². The summed E-state index contributed by atoms with van der Waals surface area (Å²) in [6.45, 7) is 0.794. The van der Waals surface area contributed by atoms with E-state index >= 15 is 8.78 Å². The number of pyridine rings is 1. The summed E-state index contributed by atoms with van der Waals surface area (Å²) in [4.78, 5) is 94.9. The van der Waals surface area contributed by atoms with Crippen LogP contribution in [0.25, 0.3) is 11.3 Å². The molecule has 2 fully saturated rings. The summed E-state index contributed by atoms with van der Waals surface area (Å²) in [6.07, 6.45) is -10.0. The van der Waals surface area contributed by atoms with Crippen molar-refractivity contribution in [2.24, 2.45) is 0 Å². The van der Waals surface area contributed by atoms with E-state index in [-0.39, 0.29) is 46.9 Å². The van der Waals surface area contributed by atoms with Gasteiger partial charge in [0.15, 0.2) is 18.2 Å². The van der Waals surface area contributed by atoms with Crippen LogP contribution in [0.1, 0.15) is 64.1 Å². The first kappa shape index (κ1) is 46.0. The lowest BCUT2D eigenvalue weighted by molar-refractivity contribution is -0.140. The summed E-state index contributed by atoms with van der Waals surface area (Å²) in [5, 5.41) is 13.6. The number of carbonyl (C=O) groups excluding carboxylic acids is 7. The summed E-state index contributed by atoms with van der Waals surface area (Å²) in [5.74, 6) is -9.22. The van der Waals surface area contributed by atoms with Crippen LogP contribution in [0.4, 0.5) is 51.3 Å². The lowest BCUT2D eigenvalue weighted by Crippen LogP contribution is -2.54. The van der Waals surface area contributed by atoms with Crippen molar-refractivity contribution in [3.63, 3.8) is 0 Å². The molecule has 16 nitrogen and oxygen atoms in total. The van der Waals surface area contributed by atoms with Crippen molar-refractivity contribution >= 4 is 52.8 Å². The molecule has 2 saturated heterocycles. The molecular weight excluding hydrogens is 898 g/mol. The molecule has 7 rings (SSSR count). The molecule has 24 heteroatoms. The fraction of sp³-hybridized carbons (Fsp3) is 0.262. The van der Waals surface area contributed by atoms with Crippen LogP contribution in [0, 0.1) is 23.0 Å². The monoisotopic (exact) mass is 927 g/mol. The Morgan fingerprint density at radius 1 is 0.939 bits per heavy atom. The highest BCUT2D eigenvalue weighted by molar-refractivity contribution is 6.30. The summed E-state index contributed by atoms with van der Waals surface area (Å²) in [5.41, 5.74) is -10.4. The number of ether oxygens (including phenoxy) is 2. The van der Waals surface area contributed by atoms with Gasteiger partial charge in [0.2, 0.25) is 11.8 Å². The number of alkyl halides is 6. The van der Waals surface area contributed by atoms with Crippen molar-refractivity contribution in [2.75, 3.05) is 29.6 Å². The zero-order valence-corrected chi connectivity index (χ0v) is 33.8. The molecule has 66 heavy (non-hydrogen) atoms. The van der Waals surface area contributed by atoms with Crippen LogP contribution < -0.4 is 29.9 Å². The van der Waals surface area contributed by atoms with Crippen LogP contribution in [0.3, 0.4) is 0 Å². The number of anilines is 2. The standard InChI is InChI=1S/C42H29F8N7O9/c1-40(2)38(63)56(26-9-6-19(16-51)32(33(26)44)42(48,49)50)39(64)57(40)20-14-25(43)34(53-17-20)22-8-7-21(15-24(22)41(45,46)47)65-13-12-52-30(59)18-66-28-5-3-4-23-31(28)37(62)55(36(23)61)27-10-11-29(58)54-35(27)60/h3-9,14-15,17,27H,10-13,18H2,1-2H3,(H,52,59)(H,54,58,60). The predicted molar refractivity (Wildman–Crippen MR) is 207 cm³/mol. The zero-order chi connectivity index (χ0) is 48.2. The number of hydrogen-bond donors (Lipinski definition) is 2. The van der Waals surface area contributed by atoms with Gasteiger partial charge in [-0.15, -0.1) is 0 Å². The molecule has 0 bridgehead atoms. The number of hydrogen-bond acceptors (Lipinski definition) is 11. The lowest BCUT2D eigenvalue weighted by Gasteiger charge is -2.27. The van der Waals surface area contributed by atoms with Crippen molar-refractivity contribution in [2.45, 2.75) is 50.6 Å². The van der Waals surface area contributed by atoms with Gasteiger partial charge in [0, 0.05) is 18.1 Å². The number of halogens is 8. The molecule has 3 aliphatic heterocycles. The molecule has 4 aromatic rings. The quantitative estimate of drug-likeness (QED) is 0.0812. The number of fused-ring (bicyclic) bond motifs is 1. The van der Waals surface area contributed by atoms with Crippen LogP contribution in [0.2, 0.25) is 0 Å². The van der Waals surface area contributed by atoms with Crippen molar-refractivity contribution < 1.29 is 78.2 Å². The van der Waals surface area contributed by atoms with E-state index < -0.39 is 130 Å². The summed E-state index contributed by atoms with van der Waals surface area (Å²) < 4.78 is 126. The summed E-state index contributed by atoms with van der Waals surface area (Å²) >= 11 is 0. The van der Waals surface area contributed by atoms with Crippen LogP contribution in [-0.4, -0.2) is 82.7 Å². The predicted octanol–water partition coefficient (Wildman–Crippen LogP) is 5.66. The van der Waals surface area contributed by atoms with Crippen LogP contribution in [0.15, 0.2) is 60.8 Å². The number of piperidine rings is 1. The van der Waals surface area contributed by atoms with E-state index in [0.29, 0.717) is 34.1 Å². The van der Waals surface area contributed by atoms with Gasteiger partial charge in [0.25, 0.3) is 23.6 Å². The van der Waals surface area contributed by atoms with Gasteiger partial charge in [-0.05, 0) is 62.7 Å². The Morgan fingerprint density at radius 3 is 2.32 bits per heavy atom. The maximum absolute atomic E-state index is 15.8. The van der Waals surface area contributed by atoms with Crippen LogP contribution in [-0.2, 0) is 31.5 Å². The highest BCUT2D eigenvalue weighted by atomic mass is 19.4. The van der Waals surface area contributed by atoms with E-state index in [1.165, 1.54) is 24.3 Å². The van der Waals surface area contributed by atoms with Crippen LogP contribution >= 0.6 is 0 Å². The Hall–Kier alpha value is -7.97. The first-order valence-electron chi connectivity index (χ1n) is 19.2. The topological polar surface area (TPSA) is 208 Å². The minimum Gasteiger partial charge on any atom is -0.492 e. The minimum absolute atomic E-state index is 0.0569. The van der Waals surface area contributed by atoms with E-state index in [2.05, 4.69) is 15.6 Å². The Labute approximate surface area is 365 Å². The molecule has 342 valence electrons. The van der Waals surface area contributed by atoms with Gasteiger partial charge in [-0.25, -0.2) is 18.5 Å². The first-order valence-corrected chi connectivity index (χ1v) is 19.2. The average molecular weight is 928 g/mol. The van der Waals surface area contributed by atoms with E-state index in [1.54, 1.807) is 0 Å². The number of aromatic nitrogens is 1. The molecule has 3 aliphatic rings. The number of imide groups is 3. The molecule has 8 amide bonds. The first-order chi connectivity index (χ1) is 31.0. The van der Waals surface area contributed by atoms with Gasteiger partial charge in [0.05, 0.1) is 52.4 Å². The SMILES string of the molecule is CC1(C)C(=O)N(c2ccc(C#N)c(C(F)(F)F)c2F)C(=O)N1c1cnc(-c2ccc(OCCNC(=O)COc3cccc4c3C(=O)N(C3CCC(=O)NC3=O)C4=O)cc2C(F)(F)F)c(F)c1. The molecule has 1 unspecified atom stereocenters. The summed E-state index contributed by atoms with van der Waals surface area (Å²) in [7, 11) is 0. The van der Waals surface area contributed by atoms with Gasteiger partial charge in [-0.2, -0.15) is 31.6 Å². The van der Waals surface area contributed by atoms with Crippen molar-refractivity contribution in [3.05, 3.63) is 100 Å². The lowest BCUT2D eigenvalue weighted by atomic mass is 10.0. The summed E-state index contributed by atoms with van der Waals surface area (Å²) in [6, 6.07) is 6.55. The van der Waals surface area contributed by atoms with Crippen molar-refractivity contribution in [1.29, 1.82) is 5.26 Å². The van der Waals surface area contributed by atoms with E-state index in [4.69, 9.17) is 14.7 Å². The number of rotatable bonds is 11. The Kier molecular flexibility index (Phi) is 11.8. The second-order valence-corrected chi connectivity index (χ2v) is 15.1. The number of nitrogens with zero attached hydrogens (tertiary/aromatic N) is 5. The zero-order valence-electron chi connectivity index (χ0n) is 33.8. The third-order valence-electron chi connectivity index (χ3n) is 10.6. The average Bonchev–Trinajstić information content (AvgIpc) is 3.59. The molecule has 2 N–H and O–H groups in total. The second kappa shape index (κ2) is 16.9. The molecule has 4 heterocycles. The smallest absolute Gasteiger partial charge is 0.420 e. The third kappa shape index (κ3) is 8.18. The number of amides is 8. The molecule has 0 radical (unpaired) electrons. The molecule has 1 atom stereocenters. The van der Waals surface area contributed by atoms with E-state index in [1.807, 2.05) is 0 Å². The number of nitrogens with one attached hydrogen (secondary N) is 2.